The molecule has 0 unspecified atom stereocenters. The van der Waals surface area contributed by atoms with E-state index in [0.29, 0.717) is 19.4 Å². The van der Waals surface area contributed by atoms with Gasteiger partial charge >= 0.3 is 0 Å². The zero-order valence-electron chi connectivity index (χ0n) is 13.2. The smallest absolute Gasteiger partial charge is 0.216 e. The summed E-state index contributed by atoms with van der Waals surface area (Å²) in [6.07, 6.45) is 11.7. The largest absolute Gasteiger partial charge is 0.284 e. The first-order valence-electron chi connectivity index (χ1n) is 7.10. The second-order valence-corrected chi connectivity index (χ2v) is 5.37. The molecule has 2 amide bonds. The number of allylic oxidation sites excluding steroid dienone is 5. The summed E-state index contributed by atoms with van der Waals surface area (Å²) in [5.41, 5.74) is 3.98. The van der Waals surface area contributed by atoms with E-state index in [2.05, 4.69) is 32.9 Å². The van der Waals surface area contributed by atoms with Crippen LogP contribution in [0, 0.1) is 0 Å². The van der Waals surface area contributed by atoms with E-state index < -0.39 is 0 Å². The molecule has 0 heterocycles. The van der Waals surface area contributed by atoms with E-state index in [4.69, 9.17) is 0 Å². The van der Waals surface area contributed by atoms with Crippen molar-refractivity contribution >= 4 is 12.8 Å². The van der Waals surface area contributed by atoms with Crippen molar-refractivity contribution in [3.8, 4) is 0 Å². The molecule has 3 nitrogen and oxygen atoms in total. The maximum Gasteiger partial charge on any atom is 0.216 e. The Bertz CT molecular complexity index is 380. The van der Waals surface area contributed by atoms with Crippen LogP contribution in [-0.4, -0.2) is 24.3 Å². The number of carbonyl (C=O) groups is 2. The molecule has 0 N–H and O–H groups in total. The monoisotopic (exact) mass is 277 g/mol. The predicted octanol–water partition coefficient (Wildman–Crippen LogP) is 4.02. The molecular formula is C17H27NO2. The first kappa shape index (κ1) is 18.4. The Morgan fingerprint density at radius 2 is 1.30 bits per heavy atom. The zero-order valence-corrected chi connectivity index (χ0v) is 13.2. The number of hydrogen-bond acceptors (Lipinski definition) is 2. The summed E-state index contributed by atoms with van der Waals surface area (Å²) >= 11 is 0. The molecule has 0 aromatic rings. The van der Waals surface area contributed by atoms with Crippen LogP contribution in [-0.2, 0) is 9.59 Å². The second-order valence-electron chi connectivity index (χ2n) is 5.37. The summed E-state index contributed by atoms with van der Waals surface area (Å²) in [4.78, 5) is 22.0. The average Bonchev–Trinajstić information content (AvgIpc) is 2.39. The Hall–Kier alpha value is -1.64. The number of imide groups is 1. The Kier molecular flexibility index (Phi) is 10.3. The summed E-state index contributed by atoms with van der Waals surface area (Å²) in [5, 5.41) is 0. The van der Waals surface area contributed by atoms with Crippen LogP contribution in [0.3, 0.4) is 0 Å². The number of hydrogen-bond donors (Lipinski definition) is 0. The minimum absolute atomic E-state index is 0.363. The normalized spacial score (nSPS) is 12.0. The molecule has 0 radical (unpaired) electrons. The lowest BCUT2D eigenvalue weighted by molar-refractivity contribution is -0.128. The van der Waals surface area contributed by atoms with E-state index in [1.807, 2.05) is 13.0 Å². The molecule has 0 aromatic heterocycles. The molecule has 0 aliphatic carbocycles. The van der Waals surface area contributed by atoms with Gasteiger partial charge in [0.1, 0.15) is 0 Å². The van der Waals surface area contributed by atoms with Gasteiger partial charge in [0, 0.05) is 6.54 Å². The number of rotatable bonds is 10. The lowest BCUT2D eigenvalue weighted by Crippen LogP contribution is -2.19. The van der Waals surface area contributed by atoms with Gasteiger partial charge in [-0.25, -0.2) is 0 Å². The molecule has 0 aliphatic heterocycles. The molecule has 0 saturated carbocycles. The zero-order chi connectivity index (χ0) is 15.4. The van der Waals surface area contributed by atoms with E-state index in [1.165, 1.54) is 16.7 Å². The van der Waals surface area contributed by atoms with E-state index in [9.17, 15) is 9.59 Å². The van der Waals surface area contributed by atoms with Gasteiger partial charge in [0.05, 0.1) is 0 Å². The molecule has 0 rings (SSSR count). The van der Waals surface area contributed by atoms with Crippen LogP contribution in [0.5, 0.6) is 0 Å². The van der Waals surface area contributed by atoms with Crippen LogP contribution in [0.1, 0.15) is 53.4 Å². The highest BCUT2D eigenvalue weighted by molar-refractivity contribution is 5.68. The summed E-state index contributed by atoms with van der Waals surface area (Å²) in [6, 6.07) is 0. The Morgan fingerprint density at radius 3 is 1.80 bits per heavy atom. The highest BCUT2D eigenvalue weighted by Crippen LogP contribution is 2.11. The highest BCUT2D eigenvalue weighted by atomic mass is 16.2. The second kappa shape index (κ2) is 11.2. The van der Waals surface area contributed by atoms with Gasteiger partial charge in [0.25, 0.3) is 0 Å². The lowest BCUT2D eigenvalue weighted by atomic mass is 10.1. The molecule has 0 aliphatic rings. The van der Waals surface area contributed by atoms with E-state index in [1.54, 1.807) is 0 Å². The van der Waals surface area contributed by atoms with Gasteiger partial charge in [-0.05, 0) is 53.4 Å². The maximum atomic E-state index is 10.5. The van der Waals surface area contributed by atoms with E-state index >= 15 is 0 Å². The highest BCUT2D eigenvalue weighted by Gasteiger charge is 1.96. The Balaban J connectivity index is 4.02. The first-order chi connectivity index (χ1) is 9.49. The molecule has 0 bridgehead atoms. The molecule has 20 heavy (non-hydrogen) atoms. The van der Waals surface area contributed by atoms with Crippen molar-refractivity contribution in [3.63, 3.8) is 0 Å². The van der Waals surface area contributed by atoms with E-state index in [-0.39, 0.29) is 0 Å². The van der Waals surface area contributed by atoms with Crippen molar-refractivity contribution in [2.24, 2.45) is 0 Å². The molecule has 0 spiro atoms. The molecule has 0 aromatic carbocycles. The van der Waals surface area contributed by atoms with Crippen molar-refractivity contribution in [3.05, 3.63) is 34.9 Å². The van der Waals surface area contributed by atoms with Crippen LogP contribution < -0.4 is 0 Å². The Morgan fingerprint density at radius 1 is 0.800 bits per heavy atom. The van der Waals surface area contributed by atoms with Gasteiger partial charge in [-0.1, -0.05) is 34.9 Å². The summed E-state index contributed by atoms with van der Waals surface area (Å²) in [6.45, 7) is 8.80. The van der Waals surface area contributed by atoms with Gasteiger partial charge < -0.3 is 0 Å². The summed E-state index contributed by atoms with van der Waals surface area (Å²) < 4.78 is 0. The fourth-order valence-corrected chi connectivity index (χ4v) is 1.71. The topological polar surface area (TPSA) is 37.4 Å². The number of amides is 2. The molecule has 0 fully saturated rings. The fraction of sp³-hybridized carbons (Fsp3) is 0.529. The SMILES string of the molecule is CC(C)=CCC/C(C)=C/CC/C(C)=C/CN(C=O)C=O. The molecular weight excluding hydrogens is 250 g/mol. The van der Waals surface area contributed by atoms with Gasteiger partial charge in [-0.3, -0.25) is 14.5 Å². The van der Waals surface area contributed by atoms with Gasteiger partial charge in [-0.15, -0.1) is 0 Å². The maximum absolute atomic E-state index is 10.5. The number of carbonyl (C=O) groups excluding carboxylic acids is 2. The van der Waals surface area contributed by atoms with Crippen LogP contribution in [0.2, 0.25) is 0 Å². The van der Waals surface area contributed by atoms with Gasteiger partial charge in [0.2, 0.25) is 12.8 Å². The molecule has 3 heteroatoms. The molecule has 0 atom stereocenters. The Labute approximate surface area is 123 Å². The third kappa shape index (κ3) is 10.3. The fourth-order valence-electron chi connectivity index (χ4n) is 1.71. The van der Waals surface area contributed by atoms with Crippen molar-refractivity contribution < 1.29 is 9.59 Å². The quantitative estimate of drug-likeness (QED) is 0.447. The van der Waals surface area contributed by atoms with Crippen molar-refractivity contribution in [1.82, 2.24) is 4.90 Å². The third-order valence-electron chi connectivity index (χ3n) is 3.04. The van der Waals surface area contributed by atoms with Crippen LogP contribution in [0.4, 0.5) is 0 Å². The number of nitrogens with zero attached hydrogens (tertiary/aromatic N) is 1. The van der Waals surface area contributed by atoms with Gasteiger partial charge in [-0.2, -0.15) is 0 Å². The third-order valence-corrected chi connectivity index (χ3v) is 3.04. The van der Waals surface area contributed by atoms with Crippen LogP contribution in [0.15, 0.2) is 34.9 Å². The first-order valence-corrected chi connectivity index (χ1v) is 7.10. The molecule has 0 saturated heterocycles. The van der Waals surface area contributed by atoms with Crippen molar-refractivity contribution in [2.45, 2.75) is 53.4 Å². The van der Waals surface area contributed by atoms with Gasteiger partial charge in [0.15, 0.2) is 0 Å². The predicted molar refractivity (Wildman–Crippen MR) is 84.2 cm³/mol. The average molecular weight is 277 g/mol. The minimum atomic E-state index is 0.363. The lowest BCUT2D eigenvalue weighted by Gasteiger charge is -2.06. The molecule has 112 valence electrons. The summed E-state index contributed by atoms with van der Waals surface area (Å²) in [5.74, 6) is 0. The van der Waals surface area contributed by atoms with Crippen LogP contribution >= 0.6 is 0 Å². The van der Waals surface area contributed by atoms with Crippen molar-refractivity contribution in [2.75, 3.05) is 6.54 Å². The minimum Gasteiger partial charge on any atom is -0.284 e. The summed E-state index contributed by atoms with van der Waals surface area (Å²) in [7, 11) is 0. The van der Waals surface area contributed by atoms with Crippen LogP contribution in [0.25, 0.3) is 0 Å². The van der Waals surface area contributed by atoms with Crippen molar-refractivity contribution in [1.29, 1.82) is 0 Å². The standard InChI is InChI=1S/C17H27NO2/c1-15(2)7-5-8-16(3)9-6-10-17(4)11-12-18(13-19)14-20/h7,9,11,13-14H,5-6,8,10,12H2,1-4H3/b16-9+,17-11+. The van der Waals surface area contributed by atoms with E-state index in [0.717, 1.165) is 30.6 Å².